The van der Waals surface area contributed by atoms with E-state index in [-0.39, 0.29) is 0 Å². The van der Waals surface area contributed by atoms with Gasteiger partial charge in [-0.3, -0.25) is 0 Å². The molecule has 3 nitrogen and oxygen atoms in total. The van der Waals surface area contributed by atoms with Crippen LogP contribution in [0.15, 0.2) is 47.6 Å². The van der Waals surface area contributed by atoms with Crippen LogP contribution in [-0.4, -0.2) is 36.0 Å². The molecule has 140 valence electrons. The standard InChI is InChI=1S/C24H28N2O/c1-16(25-27)17-4-3-5-18(12-17)19-6-8-22-20(13-19)10-11-24-15-26(2)14-21(24)7-9-23(22)24/h3-6,8,12-13,21,23,27H,7,9-11,14-15H2,1-2H3/b25-16+/t21?,23?,24-/m0/s1. The van der Waals surface area contributed by atoms with Crippen molar-refractivity contribution in [2.75, 3.05) is 20.1 Å². The first kappa shape index (κ1) is 17.0. The predicted octanol–water partition coefficient (Wildman–Crippen LogP) is 4.92. The minimum absolute atomic E-state index is 0.540. The number of fused-ring (bicyclic) bond motifs is 2. The van der Waals surface area contributed by atoms with E-state index >= 15 is 0 Å². The van der Waals surface area contributed by atoms with Gasteiger partial charge in [0, 0.05) is 13.1 Å². The minimum atomic E-state index is 0.540. The molecule has 2 fully saturated rings. The van der Waals surface area contributed by atoms with Crippen LogP contribution in [0.4, 0.5) is 0 Å². The van der Waals surface area contributed by atoms with E-state index in [9.17, 15) is 0 Å². The summed E-state index contributed by atoms with van der Waals surface area (Å²) in [4.78, 5) is 2.56. The number of aryl methyl sites for hydroxylation is 1. The Labute approximate surface area is 161 Å². The van der Waals surface area contributed by atoms with Gasteiger partial charge in [-0.25, -0.2) is 0 Å². The lowest BCUT2D eigenvalue weighted by molar-refractivity contribution is 0.190. The van der Waals surface area contributed by atoms with Crippen LogP contribution < -0.4 is 0 Å². The summed E-state index contributed by atoms with van der Waals surface area (Å²) in [5.41, 5.74) is 7.80. The molecular weight excluding hydrogens is 332 g/mol. The van der Waals surface area contributed by atoms with E-state index < -0.39 is 0 Å². The highest BCUT2D eigenvalue weighted by molar-refractivity contribution is 5.99. The van der Waals surface area contributed by atoms with Crippen molar-refractivity contribution in [2.45, 2.75) is 38.5 Å². The van der Waals surface area contributed by atoms with Crippen LogP contribution >= 0.6 is 0 Å². The third kappa shape index (κ3) is 2.55. The first-order valence-electron chi connectivity index (χ1n) is 10.2. The molecule has 0 bridgehead atoms. The van der Waals surface area contributed by atoms with Crippen LogP contribution in [0.25, 0.3) is 11.1 Å². The normalized spacial score (nSPS) is 30.1. The van der Waals surface area contributed by atoms with Gasteiger partial charge in [-0.1, -0.05) is 41.6 Å². The molecule has 3 atom stereocenters. The SMILES string of the molecule is C/C(=N\O)c1cccc(-c2ccc3c(c2)CC[C@]24CN(C)CC2CCC34)c1. The van der Waals surface area contributed by atoms with Gasteiger partial charge in [-0.2, -0.15) is 0 Å². The predicted molar refractivity (Wildman–Crippen MR) is 110 cm³/mol. The molecule has 1 N–H and O–H groups in total. The third-order valence-electron chi connectivity index (χ3n) is 7.55. The average molecular weight is 361 g/mol. The quantitative estimate of drug-likeness (QED) is 0.469. The highest BCUT2D eigenvalue weighted by Gasteiger charge is 2.56. The van der Waals surface area contributed by atoms with Crippen molar-refractivity contribution in [1.82, 2.24) is 4.90 Å². The Kier molecular flexibility index (Phi) is 3.90. The van der Waals surface area contributed by atoms with Crippen LogP contribution in [0.2, 0.25) is 0 Å². The molecule has 0 radical (unpaired) electrons. The summed E-state index contributed by atoms with van der Waals surface area (Å²) in [5.74, 6) is 1.65. The van der Waals surface area contributed by atoms with Crippen LogP contribution in [0, 0.1) is 11.3 Å². The van der Waals surface area contributed by atoms with Gasteiger partial charge in [-0.05, 0) is 90.8 Å². The van der Waals surface area contributed by atoms with Gasteiger partial charge in [0.25, 0.3) is 0 Å². The molecule has 3 heteroatoms. The second kappa shape index (κ2) is 6.20. The Hall–Kier alpha value is -2.13. The fourth-order valence-electron chi connectivity index (χ4n) is 6.30. The maximum atomic E-state index is 9.07. The third-order valence-corrected chi connectivity index (χ3v) is 7.55. The van der Waals surface area contributed by atoms with Crippen molar-refractivity contribution in [3.8, 4) is 11.1 Å². The molecule has 1 saturated heterocycles. The maximum Gasteiger partial charge on any atom is 0.0837 e. The summed E-state index contributed by atoms with van der Waals surface area (Å²) < 4.78 is 0. The fourth-order valence-corrected chi connectivity index (χ4v) is 6.30. The van der Waals surface area contributed by atoms with E-state index in [1.807, 2.05) is 19.1 Å². The monoisotopic (exact) mass is 360 g/mol. The first-order chi connectivity index (χ1) is 13.1. The summed E-state index contributed by atoms with van der Waals surface area (Å²) in [5, 5.41) is 12.4. The molecule has 2 aromatic rings. The van der Waals surface area contributed by atoms with Gasteiger partial charge in [0.05, 0.1) is 5.71 Å². The van der Waals surface area contributed by atoms with E-state index in [2.05, 4.69) is 47.4 Å². The molecule has 2 aliphatic carbocycles. The largest absolute Gasteiger partial charge is 0.411 e. The zero-order chi connectivity index (χ0) is 18.6. The number of hydrogen-bond donors (Lipinski definition) is 1. The Morgan fingerprint density at radius 1 is 1.15 bits per heavy atom. The number of oxime groups is 1. The molecule has 1 heterocycles. The second-order valence-electron chi connectivity index (χ2n) is 8.94. The minimum Gasteiger partial charge on any atom is -0.411 e. The Morgan fingerprint density at radius 2 is 2.00 bits per heavy atom. The lowest BCUT2D eigenvalue weighted by Gasteiger charge is -2.41. The molecule has 2 unspecified atom stereocenters. The molecule has 1 spiro atoms. The lowest BCUT2D eigenvalue weighted by atomic mass is 9.63. The van der Waals surface area contributed by atoms with Crippen molar-refractivity contribution < 1.29 is 5.21 Å². The van der Waals surface area contributed by atoms with E-state index in [0.717, 1.165) is 17.4 Å². The summed E-state index contributed by atoms with van der Waals surface area (Å²) in [7, 11) is 2.30. The Balaban J connectivity index is 1.51. The van der Waals surface area contributed by atoms with Crippen molar-refractivity contribution in [3.05, 3.63) is 59.2 Å². The zero-order valence-electron chi connectivity index (χ0n) is 16.3. The molecule has 0 aromatic heterocycles. The molecule has 0 amide bonds. The van der Waals surface area contributed by atoms with Gasteiger partial charge in [0.15, 0.2) is 0 Å². The Morgan fingerprint density at radius 3 is 2.85 bits per heavy atom. The number of rotatable bonds is 2. The number of nitrogens with zero attached hydrogens (tertiary/aromatic N) is 2. The van der Waals surface area contributed by atoms with Gasteiger partial charge in [0.2, 0.25) is 0 Å². The smallest absolute Gasteiger partial charge is 0.0837 e. The van der Waals surface area contributed by atoms with E-state index in [1.54, 1.807) is 11.1 Å². The Bertz CT molecular complexity index is 918. The van der Waals surface area contributed by atoms with Crippen molar-refractivity contribution in [1.29, 1.82) is 0 Å². The van der Waals surface area contributed by atoms with Crippen LogP contribution in [0.5, 0.6) is 0 Å². The van der Waals surface area contributed by atoms with Gasteiger partial charge in [0.1, 0.15) is 0 Å². The highest BCUT2D eigenvalue weighted by Crippen LogP contribution is 2.61. The topological polar surface area (TPSA) is 35.8 Å². The van der Waals surface area contributed by atoms with E-state index in [4.69, 9.17) is 5.21 Å². The molecule has 5 rings (SSSR count). The molecule has 1 saturated carbocycles. The number of hydrogen-bond acceptors (Lipinski definition) is 3. The fraction of sp³-hybridized carbons (Fsp3) is 0.458. The number of benzene rings is 2. The van der Waals surface area contributed by atoms with Gasteiger partial charge < -0.3 is 10.1 Å². The summed E-state index contributed by atoms with van der Waals surface area (Å²) >= 11 is 0. The van der Waals surface area contributed by atoms with E-state index in [1.165, 1.54) is 49.9 Å². The van der Waals surface area contributed by atoms with Crippen LogP contribution in [-0.2, 0) is 6.42 Å². The van der Waals surface area contributed by atoms with Gasteiger partial charge in [-0.15, -0.1) is 0 Å². The van der Waals surface area contributed by atoms with Crippen molar-refractivity contribution in [2.24, 2.45) is 16.5 Å². The van der Waals surface area contributed by atoms with Gasteiger partial charge >= 0.3 is 0 Å². The van der Waals surface area contributed by atoms with Crippen molar-refractivity contribution in [3.63, 3.8) is 0 Å². The average Bonchev–Trinajstić information content (AvgIpc) is 3.20. The summed E-state index contributed by atoms with van der Waals surface area (Å²) in [6.45, 7) is 4.41. The molecule has 3 aliphatic rings. The molecule has 2 aromatic carbocycles. The molecular formula is C24H28N2O. The zero-order valence-corrected chi connectivity index (χ0v) is 16.3. The number of likely N-dealkylation sites (tertiary alicyclic amines) is 1. The molecule has 27 heavy (non-hydrogen) atoms. The molecule has 1 aliphatic heterocycles. The summed E-state index contributed by atoms with van der Waals surface area (Å²) in [6, 6.07) is 15.4. The maximum absolute atomic E-state index is 9.07. The van der Waals surface area contributed by atoms with E-state index in [0.29, 0.717) is 11.1 Å². The summed E-state index contributed by atoms with van der Waals surface area (Å²) in [6.07, 6.45) is 5.32. The highest BCUT2D eigenvalue weighted by atomic mass is 16.4. The van der Waals surface area contributed by atoms with Crippen molar-refractivity contribution >= 4 is 5.71 Å². The second-order valence-corrected chi connectivity index (χ2v) is 8.94. The van der Waals surface area contributed by atoms with Crippen LogP contribution in [0.1, 0.15) is 48.8 Å². The first-order valence-corrected chi connectivity index (χ1v) is 10.2. The van der Waals surface area contributed by atoms with Crippen LogP contribution in [0.3, 0.4) is 0 Å². The lowest BCUT2D eigenvalue weighted by Crippen LogP contribution is -2.36.